The fourth-order valence-electron chi connectivity index (χ4n) is 3.40. The van der Waals surface area contributed by atoms with E-state index in [-0.39, 0.29) is 16.3 Å². The van der Waals surface area contributed by atoms with Gasteiger partial charge in [-0.2, -0.15) is 5.10 Å². The predicted molar refractivity (Wildman–Crippen MR) is 138 cm³/mol. The molecule has 0 bridgehead atoms. The van der Waals surface area contributed by atoms with Crippen LogP contribution in [0.3, 0.4) is 0 Å². The van der Waals surface area contributed by atoms with Gasteiger partial charge in [-0.05, 0) is 66.2 Å². The van der Waals surface area contributed by atoms with Crippen molar-refractivity contribution in [3.05, 3.63) is 106 Å². The maximum absolute atomic E-state index is 12.8. The van der Waals surface area contributed by atoms with Gasteiger partial charge in [0, 0.05) is 16.1 Å². The summed E-state index contributed by atoms with van der Waals surface area (Å²) < 4.78 is 11.0. The molecule has 0 saturated heterocycles. The van der Waals surface area contributed by atoms with E-state index in [1.807, 2.05) is 37.3 Å². The van der Waals surface area contributed by atoms with Crippen LogP contribution in [0.2, 0.25) is 10.0 Å². The third-order valence-electron chi connectivity index (χ3n) is 5.07. The molecule has 1 N–H and O–H groups in total. The normalized spacial score (nSPS) is 10.9. The smallest absolute Gasteiger partial charge is 0.345 e. The van der Waals surface area contributed by atoms with Crippen LogP contribution in [-0.2, 0) is 0 Å². The van der Waals surface area contributed by atoms with E-state index in [2.05, 4.69) is 10.5 Å². The number of esters is 1. The number of amides is 1. The summed E-state index contributed by atoms with van der Waals surface area (Å²) in [6, 6.07) is 22.3. The van der Waals surface area contributed by atoms with Gasteiger partial charge in [0.25, 0.3) is 5.91 Å². The molecular formula is C27H20Cl2N2O4. The molecule has 0 fully saturated rings. The third kappa shape index (κ3) is 5.80. The SMILES string of the molecule is CCOc1ccc(C(=O)NN=Cc2c(OC(=O)c3ccc(Cl)cc3Cl)ccc3ccccc23)cc1. The lowest BCUT2D eigenvalue weighted by molar-refractivity contribution is 0.0734. The average molecular weight is 507 g/mol. The number of hydrogen-bond acceptors (Lipinski definition) is 5. The summed E-state index contributed by atoms with van der Waals surface area (Å²) in [5, 5.41) is 6.40. The maximum atomic E-state index is 12.8. The molecule has 0 aliphatic carbocycles. The van der Waals surface area contributed by atoms with Crippen molar-refractivity contribution in [3.63, 3.8) is 0 Å². The van der Waals surface area contributed by atoms with E-state index < -0.39 is 11.9 Å². The Kier molecular flexibility index (Phi) is 7.65. The van der Waals surface area contributed by atoms with Gasteiger partial charge in [-0.3, -0.25) is 4.79 Å². The second-order valence-corrected chi connectivity index (χ2v) is 8.21. The Morgan fingerprint density at radius 2 is 1.74 bits per heavy atom. The number of ether oxygens (including phenoxy) is 2. The second-order valence-electron chi connectivity index (χ2n) is 7.37. The zero-order valence-corrected chi connectivity index (χ0v) is 20.1. The molecule has 0 aromatic heterocycles. The average Bonchev–Trinajstić information content (AvgIpc) is 2.85. The van der Waals surface area contributed by atoms with E-state index in [1.54, 1.807) is 36.4 Å². The van der Waals surface area contributed by atoms with Gasteiger partial charge in [-0.15, -0.1) is 0 Å². The van der Waals surface area contributed by atoms with E-state index in [9.17, 15) is 9.59 Å². The number of carbonyl (C=O) groups is 2. The van der Waals surface area contributed by atoms with Crippen LogP contribution in [0.5, 0.6) is 11.5 Å². The highest BCUT2D eigenvalue weighted by molar-refractivity contribution is 6.36. The zero-order chi connectivity index (χ0) is 24.8. The molecule has 6 nitrogen and oxygen atoms in total. The molecule has 0 aliphatic heterocycles. The monoisotopic (exact) mass is 506 g/mol. The van der Waals surface area contributed by atoms with Gasteiger partial charge >= 0.3 is 5.97 Å². The van der Waals surface area contributed by atoms with Crippen LogP contribution in [0.1, 0.15) is 33.2 Å². The van der Waals surface area contributed by atoms with E-state index in [1.165, 1.54) is 18.3 Å². The van der Waals surface area contributed by atoms with Crippen molar-refractivity contribution in [1.29, 1.82) is 0 Å². The summed E-state index contributed by atoms with van der Waals surface area (Å²) in [7, 11) is 0. The van der Waals surface area contributed by atoms with Gasteiger partial charge in [0.15, 0.2) is 0 Å². The van der Waals surface area contributed by atoms with Crippen molar-refractivity contribution in [3.8, 4) is 11.5 Å². The highest BCUT2D eigenvalue weighted by atomic mass is 35.5. The first-order chi connectivity index (χ1) is 17.0. The quantitative estimate of drug-likeness (QED) is 0.134. The molecule has 0 saturated carbocycles. The molecule has 35 heavy (non-hydrogen) atoms. The van der Waals surface area contributed by atoms with Crippen LogP contribution in [0.4, 0.5) is 0 Å². The van der Waals surface area contributed by atoms with Gasteiger partial charge in [-0.25, -0.2) is 10.2 Å². The van der Waals surface area contributed by atoms with E-state index >= 15 is 0 Å². The molecule has 176 valence electrons. The summed E-state index contributed by atoms with van der Waals surface area (Å²) in [5.41, 5.74) is 3.63. The van der Waals surface area contributed by atoms with Crippen molar-refractivity contribution < 1.29 is 19.1 Å². The number of halogens is 2. The first-order valence-electron chi connectivity index (χ1n) is 10.7. The Morgan fingerprint density at radius 3 is 2.49 bits per heavy atom. The van der Waals surface area contributed by atoms with Crippen LogP contribution in [0.25, 0.3) is 10.8 Å². The Morgan fingerprint density at radius 1 is 0.971 bits per heavy atom. The summed E-state index contributed by atoms with van der Waals surface area (Å²) in [6.07, 6.45) is 1.45. The summed E-state index contributed by atoms with van der Waals surface area (Å²) in [6.45, 7) is 2.43. The van der Waals surface area contributed by atoms with Crippen molar-refractivity contribution in [2.75, 3.05) is 6.61 Å². The summed E-state index contributed by atoms with van der Waals surface area (Å²) in [5.74, 6) is -0.0969. The largest absolute Gasteiger partial charge is 0.494 e. The fraction of sp³-hybridized carbons (Fsp3) is 0.0741. The molecular weight excluding hydrogens is 487 g/mol. The van der Waals surface area contributed by atoms with E-state index in [0.29, 0.717) is 28.5 Å². The molecule has 4 aromatic rings. The standard InChI is InChI=1S/C27H20Cl2N2O4/c1-2-34-20-11-7-18(8-12-20)26(32)31-30-16-23-21-6-4-3-5-17(21)9-14-25(23)35-27(33)22-13-10-19(28)15-24(22)29/h3-16H,2H2,1H3,(H,31,32). The molecule has 0 radical (unpaired) electrons. The van der Waals surface area contributed by atoms with Crippen LogP contribution in [0, 0.1) is 0 Å². The molecule has 4 rings (SSSR count). The molecule has 0 atom stereocenters. The van der Waals surface area contributed by atoms with Crippen molar-refractivity contribution in [1.82, 2.24) is 5.43 Å². The molecule has 0 heterocycles. The Labute approximate surface area is 212 Å². The Hall–Kier alpha value is -3.87. The van der Waals surface area contributed by atoms with Crippen LogP contribution in [0.15, 0.2) is 84.0 Å². The molecule has 0 aliphatic rings. The summed E-state index contributed by atoms with van der Waals surface area (Å²) >= 11 is 12.1. The van der Waals surface area contributed by atoms with Gasteiger partial charge in [-0.1, -0.05) is 53.5 Å². The molecule has 8 heteroatoms. The lowest BCUT2D eigenvalue weighted by Crippen LogP contribution is -2.17. The second kappa shape index (κ2) is 11.0. The Balaban J connectivity index is 1.59. The Bertz CT molecular complexity index is 1420. The van der Waals surface area contributed by atoms with Crippen LogP contribution >= 0.6 is 23.2 Å². The number of hydrogen-bond donors (Lipinski definition) is 1. The minimum atomic E-state index is -0.643. The highest BCUT2D eigenvalue weighted by Gasteiger charge is 2.16. The van der Waals surface area contributed by atoms with Crippen molar-refractivity contribution >= 4 is 52.1 Å². The predicted octanol–water partition coefficient (Wildman–Crippen LogP) is 6.53. The number of benzene rings is 4. The lowest BCUT2D eigenvalue weighted by atomic mass is 10.0. The lowest BCUT2D eigenvalue weighted by Gasteiger charge is -2.11. The minimum Gasteiger partial charge on any atom is -0.494 e. The first-order valence-corrected chi connectivity index (χ1v) is 11.5. The van der Waals surface area contributed by atoms with E-state index in [4.69, 9.17) is 32.7 Å². The number of carbonyl (C=O) groups excluding carboxylic acids is 2. The number of nitrogens with zero attached hydrogens (tertiary/aromatic N) is 1. The number of nitrogens with one attached hydrogen (secondary N) is 1. The van der Waals surface area contributed by atoms with E-state index in [0.717, 1.165) is 10.8 Å². The van der Waals surface area contributed by atoms with Gasteiger partial charge in [0.2, 0.25) is 0 Å². The van der Waals surface area contributed by atoms with Gasteiger partial charge in [0.1, 0.15) is 11.5 Å². The minimum absolute atomic E-state index is 0.177. The third-order valence-corrected chi connectivity index (χ3v) is 5.62. The van der Waals surface area contributed by atoms with Gasteiger partial charge in [0.05, 0.1) is 23.4 Å². The van der Waals surface area contributed by atoms with Gasteiger partial charge < -0.3 is 9.47 Å². The number of hydrazone groups is 1. The molecule has 4 aromatic carbocycles. The van der Waals surface area contributed by atoms with Crippen LogP contribution in [-0.4, -0.2) is 24.7 Å². The fourth-order valence-corrected chi connectivity index (χ4v) is 3.88. The molecule has 0 spiro atoms. The topological polar surface area (TPSA) is 77.0 Å². The van der Waals surface area contributed by atoms with Crippen molar-refractivity contribution in [2.24, 2.45) is 5.10 Å². The highest BCUT2D eigenvalue weighted by Crippen LogP contribution is 2.29. The maximum Gasteiger partial charge on any atom is 0.345 e. The number of rotatable bonds is 7. The molecule has 1 amide bonds. The zero-order valence-electron chi connectivity index (χ0n) is 18.6. The first kappa shape index (κ1) is 24.3. The summed E-state index contributed by atoms with van der Waals surface area (Å²) in [4.78, 5) is 25.3. The number of fused-ring (bicyclic) bond motifs is 1. The van der Waals surface area contributed by atoms with Crippen molar-refractivity contribution in [2.45, 2.75) is 6.92 Å². The molecule has 0 unspecified atom stereocenters. The van der Waals surface area contributed by atoms with Crippen LogP contribution < -0.4 is 14.9 Å².